The first kappa shape index (κ1) is 22.2. The van der Waals surface area contributed by atoms with Gasteiger partial charge in [-0.25, -0.2) is 9.18 Å². The summed E-state index contributed by atoms with van der Waals surface area (Å²) in [5.41, 5.74) is 2.72. The standard InChI is InChI=1S/C25H26ClFN4O/c26-20-6-10-23(11-7-20)31(25(32)29-17-19-4-8-21(27)9-5-19)24-12-15-30(16-13-24)18-22-3-1-2-14-28-22/h1-11,14,24H,12-13,15-18H2,(H,29,32). The molecule has 166 valence electrons. The monoisotopic (exact) mass is 452 g/mol. The summed E-state index contributed by atoms with van der Waals surface area (Å²) in [6, 6.07) is 19.4. The van der Waals surface area contributed by atoms with Gasteiger partial charge >= 0.3 is 6.03 Å². The van der Waals surface area contributed by atoms with E-state index in [4.69, 9.17) is 11.6 Å². The van der Waals surface area contributed by atoms with Gasteiger partial charge in [-0.05, 0) is 66.9 Å². The SMILES string of the molecule is O=C(NCc1ccc(F)cc1)N(c1ccc(Cl)cc1)C1CCN(Cc2ccccn2)CC1. The second kappa shape index (κ2) is 10.6. The third-order valence-corrected chi connectivity index (χ3v) is 5.97. The number of anilines is 1. The van der Waals surface area contributed by atoms with E-state index in [2.05, 4.69) is 15.2 Å². The highest BCUT2D eigenvalue weighted by Crippen LogP contribution is 2.26. The average molecular weight is 453 g/mol. The fourth-order valence-electron chi connectivity index (χ4n) is 4.02. The molecule has 1 fully saturated rings. The Kier molecular flexibility index (Phi) is 7.35. The zero-order valence-electron chi connectivity index (χ0n) is 17.8. The number of aromatic nitrogens is 1. The van der Waals surface area contributed by atoms with Crippen molar-refractivity contribution in [1.82, 2.24) is 15.2 Å². The molecule has 0 spiro atoms. The summed E-state index contributed by atoms with van der Waals surface area (Å²) >= 11 is 6.07. The highest BCUT2D eigenvalue weighted by atomic mass is 35.5. The molecule has 5 nitrogen and oxygen atoms in total. The molecular weight excluding hydrogens is 427 g/mol. The number of likely N-dealkylation sites (tertiary alicyclic amines) is 1. The molecule has 0 unspecified atom stereocenters. The van der Waals surface area contributed by atoms with E-state index in [9.17, 15) is 9.18 Å². The minimum atomic E-state index is -0.291. The molecule has 1 aliphatic rings. The lowest BCUT2D eigenvalue weighted by Gasteiger charge is -2.38. The van der Waals surface area contributed by atoms with Crippen LogP contribution in [-0.4, -0.2) is 35.0 Å². The van der Waals surface area contributed by atoms with Crippen molar-refractivity contribution in [2.24, 2.45) is 0 Å². The summed E-state index contributed by atoms with van der Waals surface area (Å²) < 4.78 is 13.2. The normalized spacial score (nSPS) is 14.8. The van der Waals surface area contributed by atoms with E-state index in [-0.39, 0.29) is 17.9 Å². The molecule has 0 aliphatic carbocycles. The highest BCUT2D eigenvalue weighted by molar-refractivity contribution is 6.30. The molecular formula is C25H26ClFN4O. The van der Waals surface area contributed by atoms with Crippen molar-refractivity contribution >= 4 is 23.3 Å². The molecule has 2 heterocycles. The maximum Gasteiger partial charge on any atom is 0.322 e. The van der Waals surface area contributed by atoms with Crippen molar-refractivity contribution in [3.63, 3.8) is 0 Å². The zero-order valence-corrected chi connectivity index (χ0v) is 18.5. The van der Waals surface area contributed by atoms with Crippen molar-refractivity contribution in [1.29, 1.82) is 0 Å². The number of pyridine rings is 1. The third kappa shape index (κ3) is 5.84. The van der Waals surface area contributed by atoms with Crippen LogP contribution >= 0.6 is 11.6 Å². The van der Waals surface area contributed by atoms with Gasteiger partial charge in [0.2, 0.25) is 0 Å². The number of nitrogens with zero attached hydrogens (tertiary/aromatic N) is 3. The van der Waals surface area contributed by atoms with Crippen LogP contribution in [0.3, 0.4) is 0 Å². The van der Waals surface area contributed by atoms with Crippen LogP contribution in [0.5, 0.6) is 0 Å². The summed E-state index contributed by atoms with van der Waals surface area (Å²) in [5, 5.41) is 3.62. The van der Waals surface area contributed by atoms with Crippen LogP contribution in [-0.2, 0) is 13.1 Å². The van der Waals surface area contributed by atoms with Crippen LogP contribution in [0.15, 0.2) is 72.9 Å². The van der Waals surface area contributed by atoms with Gasteiger partial charge in [0.15, 0.2) is 0 Å². The fourth-order valence-corrected chi connectivity index (χ4v) is 4.14. The predicted octanol–water partition coefficient (Wildman–Crippen LogP) is 5.25. The smallest absolute Gasteiger partial charge is 0.322 e. The summed E-state index contributed by atoms with van der Waals surface area (Å²) in [7, 11) is 0. The van der Waals surface area contributed by atoms with Crippen LogP contribution < -0.4 is 10.2 Å². The number of halogens is 2. The fraction of sp³-hybridized carbons (Fsp3) is 0.280. The molecule has 0 atom stereocenters. The lowest BCUT2D eigenvalue weighted by molar-refractivity contribution is 0.195. The third-order valence-electron chi connectivity index (χ3n) is 5.71. The first-order valence-electron chi connectivity index (χ1n) is 10.8. The number of rotatable bonds is 6. The largest absolute Gasteiger partial charge is 0.334 e. The Balaban J connectivity index is 1.43. The molecule has 2 amide bonds. The summed E-state index contributed by atoms with van der Waals surface area (Å²) in [6.45, 7) is 2.92. The number of carbonyl (C=O) groups excluding carboxylic acids is 1. The van der Waals surface area contributed by atoms with E-state index in [0.29, 0.717) is 11.6 Å². The van der Waals surface area contributed by atoms with Crippen molar-refractivity contribution in [2.45, 2.75) is 32.0 Å². The van der Waals surface area contributed by atoms with E-state index in [1.807, 2.05) is 41.4 Å². The van der Waals surface area contributed by atoms with Gasteiger partial charge in [-0.15, -0.1) is 0 Å². The number of nitrogens with one attached hydrogen (secondary N) is 1. The molecule has 1 saturated heterocycles. The number of hydrogen-bond acceptors (Lipinski definition) is 3. The van der Waals surface area contributed by atoms with E-state index in [1.165, 1.54) is 12.1 Å². The zero-order chi connectivity index (χ0) is 22.3. The van der Waals surface area contributed by atoms with Gasteiger partial charge in [-0.3, -0.25) is 14.8 Å². The Morgan fingerprint density at radius 3 is 2.44 bits per heavy atom. The maximum atomic E-state index is 13.2. The Morgan fingerprint density at radius 1 is 1.06 bits per heavy atom. The number of piperidine rings is 1. The summed E-state index contributed by atoms with van der Waals surface area (Å²) in [6.07, 6.45) is 3.54. The van der Waals surface area contributed by atoms with Crippen molar-refractivity contribution in [2.75, 3.05) is 18.0 Å². The van der Waals surface area contributed by atoms with Gasteiger partial charge in [-0.1, -0.05) is 29.8 Å². The van der Waals surface area contributed by atoms with Gasteiger partial charge in [-0.2, -0.15) is 0 Å². The van der Waals surface area contributed by atoms with E-state index in [1.54, 1.807) is 24.3 Å². The van der Waals surface area contributed by atoms with Crippen LogP contribution in [0.4, 0.5) is 14.9 Å². The molecule has 1 aromatic heterocycles. The van der Waals surface area contributed by atoms with Gasteiger partial charge in [0.25, 0.3) is 0 Å². The molecule has 2 aromatic carbocycles. The number of hydrogen-bond donors (Lipinski definition) is 1. The van der Waals surface area contributed by atoms with E-state index < -0.39 is 0 Å². The molecule has 0 saturated carbocycles. The molecule has 0 radical (unpaired) electrons. The number of urea groups is 1. The van der Waals surface area contributed by atoms with Crippen molar-refractivity contribution < 1.29 is 9.18 Å². The number of amides is 2. The number of benzene rings is 2. The van der Waals surface area contributed by atoms with Gasteiger partial charge in [0.1, 0.15) is 5.82 Å². The van der Waals surface area contributed by atoms with Gasteiger partial charge < -0.3 is 5.32 Å². The van der Waals surface area contributed by atoms with Crippen LogP contribution in [0, 0.1) is 5.82 Å². The van der Waals surface area contributed by atoms with Crippen molar-refractivity contribution in [3.05, 3.63) is 95.0 Å². The lowest BCUT2D eigenvalue weighted by Crippen LogP contribution is -2.50. The summed E-state index contributed by atoms with van der Waals surface area (Å²) in [4.78, 5) is 21.8. The quantitative estimate of drug-likeness (QED) is 0.555. The Labute approximate surface area is 192 Å². The molecule has 3 aromatic rings. The van der Waals surface area contributed by atoms with Crippen LogP contribution in [0.1, 0.15) is 24.1 Å². The molecule has 1 N–H and O–H groups in total. The minimum Gasteiger partial charge on any atom is -0.334 e. The van der Waals surface area contributed by atoms with Crippen LogP contribution in [0.2, 0.25) is 5.02 Å². The Morgan fingerprint density at radius 2 is 1.78 bits per heavy atom. The first-order valence-corrected chi connectivity index (χ1v) is 11.2. The second-order valence-corrected chi connectivity index (χ2v) is 8.40. The van der Waals surface area contributed by atoms with Crippen LogP contribution in [0.25, 0.3) is 0 Å². The molecule has 7 heteroatoms. The molecule has 0 bridgehead atoms. The van der Waals surface area contributed by atoms with E-state index >= 15 is 0 Å². The van der Waals surface area contributed by atoms with E-state index in [0.717, 1.165) is 49.4 Å². The summed E-state index contributed by atoms with van der Waals surface area (Å²) in [5.74, 6) is -0.291. The predicted molar refractivity (Wildman–Crippen MR) is 125 cm³/mol. The lowest BCUT2D eigenvalue weighted by atomic mass is 10.0. The minimum absolute atomic E-state index is 0.0735. The highest BCUT2D eigenvalue weighted by Gasteiger charge is 2.29. The Hall–Kier alpha value is -2.96. The molecule has 4 rings (SSSR count). The topological polar surface area (TPSA) is 48.5 Å². The molecule has 1 aliphatic heterocycles. The second-order valence-electron chi connectivity index (χ2n) is 7.96. The van der Waals surface area contributed by atoms with Gasteiger partial charge in [0, 0.05) is 49.1 Å². The molecule has 32 heavy (non-hydrogen) atoms. The van der Waals surface area contributed by atoms with Gasteiger partial charge in [0.05, 0.1) is 5.69 Å². The Bertz CT molecular complexity index is 1010. The number of carbonyl (C=O) groups is 1. The first-order chi connectivity index (χ1) is 15.6. The average Bonchev–Trinajstić information content (AvgIpc) is 2.82. The maximum absolute atomic E-state index is 13.2. The van der Waals surface area contributed by atoms with Crippen molar-refractivity contribution in [3.8, 4) is 0 Å².